The summed E-state index contributed by atoms with van der Waals surface area (Å²) in [6.07, 6.45) is 0.424. The summed E-state index contributed by atoms with van der Waals surface area (Å²) in [4.78, 5) is 44.4. The van der Waals surface area contributed by atoms with Gasteiger partial charge in [-0.2, -0.15) is 0 Å². The topological polar surface area (TPSA) is 132 Å². The Bertz CT molecular complexity index is 871. The minimum Gasteiger partial charge on any atom is -0.378 e. The van der Waals surface area contributed by atoms with Crippen molar-refractivity contribution >= 4 is 29.1 Å². The number of carbonyl (C=O) groups excluding carboxylic acids is 3. The van der Waals surface area contributed by atoms with Crippen molar-refractivity contribution in [2.24, 2.45) is 17.5 Å². The van der Waals surface area contributed by atoms with E-state index < -0.39 is 23.8 Å². The summed E-state index contributed by atoms with van der Waals surface area (Å²) in [6.45, 7) is 1.90. The van der Waals surface area contributed by atoms with Gasteiger partial charge in [0.2, 0.25) is 11.8 Å². The van der Waals surface area contributed by atoms with Crippen molar-refractivity contribution < 1.29 is 19.1 Å². The molecule has 9 nitrogen and oxygen atoms in total. The van der Waals surface area contributed by atoms with E-state index in [1.807, 2.05) is 30.3 Å². The lowest BCUT2D eigenvalue weighted by Crippen LogP contribution is -2.54. The van der Waals surface area contributed by atoms with Crippen molar-refractivity contribution in [3.05, 3.63) is 52.5 Å². The monoisotopic (exact) mass is 445 g/mol. The highest BCUT2D eigenvalue weighted by Crippen LogP contribution is 2.18. The minimum atomic E-state index is -0.997. The molecule has 0 saturated carbocycles. The first-order chi connectivity index (χ1) is 15.0. The summed E-state index contributed by atoms with van der Waals surface area (Å²) in [5.41, 5.74) is 9.15. The third-order valence-corrected chi connectivity index (χ3v) is 5.80. The van der Waals surface area contributed by atoms with Gasteiger partial charge in [0.1, 0.15) is 0 Å². The molecule has 2 heterocycles. The number of nitrogens with two attached hydrogens (primary N) is 2. The van der Waals surface area contributed by atoms with Crippen LogP contribution >= 0.6 is 11.3 Å². The molecule has 0 radical (unpaired) electrons. The zero-order valence-electron chi connectivity index (χ0n) is 17.2. The van der Waals surface area contributed by atoms with Crippen LogP contribution < -0.4 is 11.6 Å². The SMILES string of the molecule is NC(Cc1cscn1)C(=O)N(N)C(=O)[C@@H](CC(=O)N1CCOCC1)Cc1ccccc1. The molecule has 10 heteroatoms. The van der Waals surface area contributed by atoms with Crippen LogP contribution in [0.1, 0.15) is 17.7 Å². The molecule has 1 aliphatic heterocycles. The summed E-state index contributed by atoms with van der Waals surface area (Å²) in [6, 6.07) is 8.33. The first-order valence-corrected chi connectivity index (χ1v) is 11.0. The fraction of sp³-hybridized carbons (Fsp3) is 0.429. The number of nitrogens with zero attached hydrogens (tertiary/aromatic N) is 3. The Morgan fingerprint density at radius 3 is 2.48 bits per heavy atom. The van der Waals surface area contributed by atoms with Crippen molar-refractivity contribution in [3.8, 4) is 0 Å². The van der Waals surface area contributed by atoms with Gasteiger partial charge in [-0.3, -0.25) is 14.4 Å². The van der Waals surface area contributed by atoms with Gasteiger partial charge in [-0.1, -0.05) is 30.3 Å². The maximum Gasteiger partial charge on any atom is 0.260 e. The van der Waals surface area contributed by atoms with E-state index in [4.69, 9.17) is 16.3 Å². The number of aromatic nitrogens is 1. The number of hydrazine groups is 1. The van der Waals surface area contributed by atoms with Gasteiger partial charge in [0.15, 0.2) is 0 Å². The van der Waals surface area contributed by atoms with Crippen molar-refractivity contribution in [1.82, 2.24) is 14.9 Å². The molecule has 0 aliphatic carbocycles. The Morgan fingerprint density at radius 1 is 1.13 bits per heavy atom. The third kappa shape index (κ3) is 6.41. The normalized spacial score (nSPS) is 15.9. The van der Waals surface area contributed by atoms with E-state index in [1.165, 1.54) is 11.3 Å². The Hall–Kier alpha value is -2.66. The average molecular weight is 446 g/mol. The highest BCUT2D eigenvalue weighted by atomic mass is 32.1. The van der Waals surface area contributed by atoms with Gasteiger partial charge in [-0.05, 0) is 12.0 Å². The number of rotatable bonds is 8. The predicted molar refractivity (Wildman–Crippen MR) is 115 cm³/mol. The van der Waals surface area contributed by atoms with Gasteiger partial charge >= 0.3 is 0 Å². The first kappa shape index (κ1) is 23.0. The number of ether oxygens (including phenoxy) is 1. The molecule has 166 valence electrons. The molecule has 1 aromatic heterocycles. The molecule has 1 unspecified atom stereocenters. The summed E-state index contributed by atoms with van der Waals surface area (Å²) in [7, 11) is 0. The molecular weight excluding hydrogens is 418 g/mol. The standard InChI is InChI=1S/C21H27N5O4S/c22-18(12-17-13-31-14-24-17)21(29)26(23)20(28)16(10-15-4-2-1-3-5-15)11-19(27)25-6-8-30-9-7-25/h1-5,13-14,16,18H,6-12,22-23H2/t16-,18?/m1/s1. The number of amides is 3. The molecule has 2 aromatic rings. The van der Waals surface area contributed by atoms with Gasteiger partial charge in [-0.25, -0.2) is 15.8 Å². The Kier molecular flexibility index (Phi) is 8.24. The van der Waals surface area contributed by atoms with Crippen molar-refractivity contribution in [3.63, 3.8) is 0 Å². The lowest BCUT2D eigenvalue weighted by Gasteiger charge is -2.29. The van der Waals surface area contributed by atoms with E-state index in [2.05, 4.69) is 4.98 Å². The van der Waals surface area contributed by atoms with Crippen LogP contribution in [-0.2, 0) is 32.0 Å². The molecule has 1 saturated heterocycles. The zero-order chi connectivity index (χ0) is 22.2. The molecule has 1 aromatic carbocycles. The quantitative estimate of drug-likeness (QED) is 0.340. The summed E-state index contributed by atoms with van der Waals surface area (Å²) < 4.78 is 5.28. The molecule has 0 spiro atoms. The molecule has 2 atom stereocenters. The molecule has 0 bridgehead atoms. The maximum atomic E-state index is 13.1. The first-order valence-electron chi connectivity index (χ1n) is 10.1. The van der Waals surface area contributed by atoms with Crippen molar-refractivity contribution in [2.75, 3.05) is 26.3 Å². The van der Waals surface area contributed by atoms with Crippen LogP contribution in [0.5, 0.6) is 0 Å². The number of hydrogen-bond donors (Lipinski definition) is 2. The van der Waals surface area contributed by atoms with Crippen molar-refractivity contribution in [2.45, 2.75) is 25.3 Å². The van der Waals surface area contributed by atoms with Gasteiger partial charge in [0, 0.05) is 31.3 Å². The predicted octanol–water partition coefficient (Wildman–Crippen LogP) is 0.350. The molecule has 4 N–H and O–H groups in total. The summed E-state index contributed by atoms with van der Waals surface area (Å²) in [5.74, 6) is 3.63. The minimum absolute atomic E-state index is 0.0456. The zero-order valence-corrected chi connectivity index (χ0v) is 18.0. The average Bonchev–Trinajstić information content (AvgIpc) is 3.31. The summed E-state index contributed by atoms with van der Waals surface area (Å²) >= 11 is 1.39. The number of benzene rings is 1. The van der Waals surface area contributed by atoms with Crippen molar-refractivity contribution in [1.29, 1.82) is 0 Å². The fourth-order valence-corrected chi connectivity index (χ4v) is 4.00. The lowest BCUT2D eigenvalue weighted by molar-refractivity contribution is -0.151. The van der Waals surface area contributed by atoms with E-state index in [-0.39, 0.29) is 25.2 Å². The molecule has 3 amide bonds. The molecule has 31 heavy (non-hydrogen) atoms. The summed E-state index contributed by atoms with van der Waals surface area (Å²) in [5, 5.41) is 2.35. The second kappa shape index (κ2) is 11.1. The number of thiazole rings is 1. The van der Waals surface area contributed by atoms with Crippen LogP contribution in [-0.4, -0.2) is 65.0 Å². The van der Waals surface area contributed by atoms with Crippen LogP contribution in [0.2, 0.25) is 0 Å². The molecule has 1 aliphatic rings. The van der Waals surface area contributed by atoms with Crippen LogP contribution in [0.3, 0.4) is 0 Å². The van der Waals surface area contributed by atoms with Crippen LogP contribution in [0.25, 0.3) is 0 Å². The smallest absolute Gasteiger partial charge is 0.260 e. The van der Waals surface area contributed by atoms with Gasteiger partial charge in [0.25, 0.3) is 5.91 Å². The van der Waals surface area contributed by atoms with Gasteiger partial charge in [-0.15, -0.1) is 11.3 Å². The third-order valence-electron chi connectivity index (χ3n) is 5.16. The number of morpholine rings is 1. The molecular formula is C21H27N5O4S. The van der Waals surface area contributed by atoms with E-state index >= 15 is 0 Å². The van der Waals surface area contributed by atoms with E-state index in [9.17, 15) is 14.4 Å². The van der Waals surface area contributed by atoms with Crippen LogP contribution in [0.4, 0.5) is 0 Å². The van der Waals surface area contributed by atoms with Crippen LogP contribution in [0, 0.1) is 5.92 Å². The van der Waals surface area contributed by atoms with Crippen LogP contribution in [0.15, 0.2) is 41.2 Å². The van der Waals surface area contributed by atoms with E-state index in [0.717, 1.165) is 5.56 Å². The molecule has 3 rings (SSSR count). The highest BCUT2D eigenvalue weighted by molar-refractivity contribution is 7.07. The highest BCUT2D eigenvalue weighted by Gasteiger charge is 2.33. The maximum absolute atomic E-state index is 13.1. The Morgan fingerprint density at radius 2 is 1.84 bits per heavy atom. The van der Waals surface area contributed by atoms with E-state index in [1.54, 1.807) is 15.8 Å². The largest absolute Gasteiger partial charge is 0.378 e. The Labute approximate surface area is 184 Å². The van der Waals surface area contributed by atoms with E-state index in [0.29, 0.717) is 37.0 Å². The fourth-order valence-electron chi connectivity index (χ4n) is 3.43. The van der Waals surface area contributed by atoms with Gasteiger partial charge in [0.05, 0.1) is 36.4 Å². The number of imide groups is 1. The van der Waals surface area contributed by atoms with Gasteiger partial charge < -0.3 is 15.4 Å². The lowest BCUT2D eigenvalue weighted by atomic mass is 9.94. The molecule has 1 fully saturated rings. The number of carbonyl (C=O) groups is 3. The number of hydrogen-bond acceptors (Lipinski definition) is 8. The second-order valence-corrected chi connectivity index (χ2v) is 8.14. The Balaban J connectivity index is 1.70. The second-order valence-electron chi connectivity index (χ2n) is 7.42.